The van der Waals surface area contributed by atoms with Gasteiger partial charge < -0.3 is 5.32 Å². The van der Waals surface area contributed by atoms with Gasteiger partial charge in [-0.15, -0.1) is 11.3 Å². The molecule has 0 radical (unpaired) electrons. The number of rotatable bonds is 3. The first-order chi connectivity index (χ1) is 7.25. The van der Waals surface area contributed by atoms with E-state index in [1.807, 2.05) is 0 Å². The lowest BCUT2D eigenvalue weighted by Crippen LogP contribution is -2.40. The number of halogens is 1. The number of nitrogens with zero attached hydrogens (tertiary/aromatic N) is 1. The molecule has 1 aliphatic heterocycles. The normalized spacial score (nSPS) is 18.6. The summed E-state index contributed by atoms with van der Waals surface area (Å²) in [5, 5.41) is 5.64. The number of nitrogens with one attached hydrogen (secondary N) is 1. The second-order valence-corrected chi connectivity index (χ2v) is 6.45. The molecule has 0 aromatic carbocycles. The Morgan fingerprint density at radius 1 is 1.53 bits per heavy atom. The Morgan fingerprint density at radius 3 is 2.87 bits per heavy atom. The molecule has 0 bridgehead atoms. The Labute approximate surface area is 104 Å². The minimum absolute atomic E-state index is 0.755. The van der Waals surface area contributed by atoms with Crippen molar-refractivity contribution in [1.29, 1.82) is 0 Å². The summed E-state index contributed by atoms with van der Waals surface area (Å²) in [6.45, 7) is 3.41. The molecule has 1 aromatic heterocycles. The van der Waals surface area contributed by atoms with Gasteiger partial charge in [0, 0.05) is 12.6 Å². The molecule has 84 valence electrons. The van der Waals surface area contributed by atoms with Gasteiger partial charge in [-0.3, -0.25) is 4.90 Å². The second kappa shape index (κ2) is 5.43. The van der Waals surface area contributed by atoms with Gasteiger partial charge in [-0.2, -0.15) is 0 Å². The lowest BCUT2D eigenvalue weighted by Gasteiger charge is -2.31. The molecule has 1 aromatic rings. The zero-order valence-electron chi connectivity index (χ0n) is 9.00. The standard InChI is InChI=1S/C11H17BrN2S/c1-14(10-2-4-13-5-3-10)7-9-6-11(12)15-8-9/h6,8,10,13H,2-5,7H2,1H3. The van der Waals surface area contributed by atoms with Gasteiger partial charge in [0.25, 0.3) is 0 Å². The van der Waals surface area contributed by atoms with Crippen LogP contribution >= 0.6 is 27.3 Å². The first-order valence-corrected chi connectivity index (χ1v) is 7.07. The van der Waals surface area contributed by atoms with Gasteiger partial charge in [-0.1, -0.05) is 0 Å². The molecular formula is C11H17BrN2S. The number of piperidine rings is 1. The second-order valence-electron chi connectivity index (χ2n) is 4.16. The molecule has 0 aliphatic carbocycles. The van der Waals surface area contributed by atoms with Gasteiger partial charge in [0.05, 0.1) is 3.79 Å². The largest absolute Gasteiger partial charge is 0.317 e. The van der Waals surface area contributed by atoms with Crippen molar-refractivity contribution in [2.45, 2.75) is 25.4 Å². The smallest absolute Gasteiger partial charge is 0.0701 e. The summed E-state index contributed by atoms with van der Waals surface area (Å²) in [6.07, 6.45) is 2.56. The molecule has 1 saturated heterocycles. The van der Waals surface area contributed by atoms with Crippen molar-refractivity contribution in [2.75, 3.05) is 20.1 Å². The van der Waals surface area contributed by atoms with E-state index < -0.39 is 0 Å². The van der Waals surface area contributed by atoms with Crippen molar-refractivity contribution < 1.29 is 0 Å². The van der Waals surface area contributed by atoms with Gasteiger partial charge >= 0.3 is 0 Å². The summed E-state index contributed by atoms with van der Waals surface area (Å²) in [4.78, 5) is 2.48. The van der Waals surface area contributed by atoms with Gasteiger partial charge in [0.2, 0.25) is 0 Å². The highest BCUT2D eigenvalue weighted by Gasteiger charge is 2.17. The lowest BCUT2D eigenvalue weighted by atomic mass is 10.1. The van der Waals surface area contributed by atoms with Crippen LogP contribution in [-0.2, 0) is 6.54 Å². The molecule has 0 saturated carbocycles. The molecule has 2 nitrogen and oxygen atoms in total. The maximum absolute atomic E-state index is 3.51. The van der Waals surface area contributed by atoms with E-state index in [-0.39, 0.29) is 0 Å². The van der Waals surface area contributed by atoms with Crippen molar-refractivity contribution in [3.63, 3.8) is 0 Å². The van der Waals surface area contributed by atoms with E-state index in [0.29, 0.717) is 0 Å². The van der Waals surface area contributed by atoms with Gasteiger partial charge in [-0.25, -0.2) is 0 Å². The van der Waals surface area contributed by atoms with E-state index in [1.54, 1.807) is 11.3 Å². The van der Waals surface area contributed by atoms with E-state index in [4.69, 9.17) is 0 Å². The molecule has 0 atom stereocenters. The highest BCUT2D eigenvalue weighted by Crippen LogP contribution is 2.22. The summed E-state index contributed by atoms with van der Waals surface area (Å²) >= 11 is 5.28. The van der Waals surface area contributed by atoms with E-state index in [2.05, 4.69) is 44.6 Å². The molecule has 0 spiro atoms. The highest BCUT2D eigenvalue weighted by atomic mass is 79.9. The fourth-order valence-electron chi connectivity index (χ4n) is 2.09. The number of hydrogen-bond acceptors (Lipinski definition) is 3. The third-order valence-corrected chi connectivity index (χ3v) is 4.54. The zero-order chi connectivity index (χ0) is 10.7. The summed E-state index contributed by atoms with van der Waals surface area (Å²) in [5.74, 6) is 0. The molecule has 0 unspecified atom stereocenters. The van der Waals surface area contributed by atoms with Crippen molar-refractivity contribution in [3.8, 4) is 0 Å². The SMILES string of the molecule is CN(Cc1csc(Br)c1)C1CCNCC1. The Morgan fingerprint density at radius 2 is 2.27 bits per heavy atom. The van der Waals surface area contributed by atoms with Gasteiger partial charge in [-0.05, 0) is 65.9 Å². The maximum atomic E-state index is 3.51. The van der Waals surface area contributed by atoms with Crippen LogP contribution < -0.4 is 5.32 Å². The molecule has 0 amide bonds. The Kier molecular flexibility index (Phi) is 4.20. The maximum Gasteiger partial charge on any atom is 0.0701 e. The quantitative estimate of drug-likeness (QED) is 0.920. The average molecular weight is 289 g/mol. The van der Waals surface area contributed by atoms with Crippen molar-refractivity contribution in [1.82, 2.24) is 10.2 Å². The van der Waals surface area contributed by atoms with Gasteiger partial charge in [0.15, 0.2) is 0 Å². The van der Waals surface area contributed by atoms with Crippen LogP contribution in [-0.4, -0.2) is 31.1 Å². The number of thiophene rings is 1. The molecule has 1 N–H and O–H groups in total. The molecular weight excluding hydrogens is 272 g/mol. The van der Waals surface area contributed by atoms with Crippen LogP contribution in [0.1, 0.15) is 18.4 Å². The third-order valence-electron chi connectivity index (χ3n) is 2.99. The summed E-state index contributed by atoms with van der Waals surface area (Å²) < 4.78 is 1.23. The molecule has 2 rings (SSSR count). The van der Waals surface area contributed by atoms with Crippen molar-refractivity contribution >= 4 is 27.3 Å². The molecule has 1 fully saturated rings. The monoisotopic (exact) mass is 288 g/mol. The fraction of sp³-hybridized carbons (Fsp3) is 0.636. The predicted octanol–water partition coefficient (Wildman–Crippen LogP) is 2.69. The predicted molar refractivity (Wildman–Crippen MR) is 69.4 cm³/mol. The first kappa shape index (κ1) is 11.6. The summed E-state index contributed by atoms with van der Waals surface area (Å²) in [7, 11) is 2.24. The Balaban J connectivity index is 1.88. The van der Waals surface area contributed by atoms with E-state index >= 15 is 0 Å². The van der Waals surface area contributed by atoms with E-state index in [0.717, 1.165) is 12.6 Å². The minimum Gasteiger partial charge on any atom is -0.317 e. The minimum atomic E-state index is 0.755. The van der Waals surface area contributed by atoms with Crippen LogP contribution in [0.3, 0.4) is 0 Å². The molecule has 2 heterocycles. The zero-order valence-corrected chi connectivity index (χ0v) is 11.4. The first-order valence-electron chi connectivity index (χ1n) is 5.39. The number of hydrogen-bond donors (Lipinski definition) is 1. The van der Waals surface area contributed by atoms with Crippen LogP contribution in [0.2, 0.25) is 0 Å². The van der Waals surface area contributed by atoms with Crippen molar-refractivity contribution in [3.05, 3.63) is 20.8 Å². The third kappa shape index (κ3) is 3.28. The van der Waals surface area contributed by atoms with Crippen LogP contribution in [0.4, 0.5) is 0 Å². The van der Waals surface area contributed by atoms with Crippen molar-refractivity contribution in [2.24, 2.45) is 0 Å². The summed E-state index contributed by atoms with van der Waals surface area (Å²) in [6, 6.07) is 2.98. The highest BCUT2D eigenvalue weighted by molar-refractivity contribution is 9.11. The summed E-state index contributed by atoms with van der Waals surface area (Å²) in [5.41, 5.74) is 1.42. The molecule has 15 heavy (non-hydrogen) atoms. The molecule has 4 heteroatoms. The Bertz CT molecular complexity index is 307. The van der Waals surface area contributed by atoms with Crippen LogP contribution in [0.25, 0.3) is 0 Å². The van der Waals surface area contributed by atoms with Crippen LogP contribution in [0.15, 0.2) is 15.2 Å². The van der Waals surface area contributed by atoms with Crippen LogP contribution in [0.5, 0.6) is 0 Å². The van der Waals surface area contributed by atoms with E-state index in [1.165, 1.54) is 35.3 Å². The topological polar surface area (TPSA) is 15.3 Å². The van der Waals surface area contributed by atoms with Crippen LogP contribution in [0, 0.1) is 0 Å². The average Bonchev–Trinajstić information content (AvgIpc) is 2.65. The fourth-order valence-corrected chi connectivity index (χ4v) is 3.29. The van der Waals surface area contributed by atoms with Gasteiger partial charge in [0.1, 0.15) is 0 Å². The Hall–Kier alpha value is 0.1000. The lowest BCUT2D eigenvalue weighted by molar-refractivity contribution is 0.192. The van der Waals surface area contributed by atoms with E-state index in [9.17, 15) is 0 Å². The molecule has 1 aliphatic rings.